The molecule has 128 valence electrons. The lowest BCUT2D eigenvalue weighted by atomic mass is 10.0. The van der Waals surface area contributed by atoms with E-state index >= 15 is 0 Å². The van der Waals surface area contributed by atoms with E-state index in [1.54, 1.807) is 42.8 Å². The van der Waals surface area contributed by atoms with Gasteiger partial charge in [0.2, 0.25) is 10.0 Å². The highest BCUT2D eigenvalue weighted by molar-refractivity contribution is 7.89. The Morgan fingerprint density at radius 2 is 1.71 bits per heavy atom. The maximum atomic E-state index is 13.0. The molecule has 1 aliphatic heterocycles. The quantitative estimate of drug-likeness (QED) is 0.833. The third kappa shape index (κ3) is 2.99. The maximum absolute atomic E-state index is 13.0. The summed E-state index contributed by atoms with van der Waals surface area (Å²) in [4.78, 5) is 0.331. The third-order valence-electron chi connectivity index (χ3n) is 4.35. The highest BCUT2D eigenvalue weighted by atomic mass is 32.2. The van der Waals surface area contributed by atoms with Crippen LogP contribution in [0, 0.1) is 0 Å². The minimum Gasteiger partial charge on any atom is -0.493 e. The largest absolute Gasteiger partial charge is 0.493 e. The van der Waals surface area contributed by atoms with Gasteiger partial charge in [0.1, 0.15) is 0 Å². The summed E-state index contributed by atoms with van der Waals surface area (Å²) in [6.45, 7) is 0.524. The molecule has 3 rings (SSSR count). The Hall–Kier alpha value is -2.05. The van der Waals surface area contributed by atoms with Gasteiger partial charge in [0.05, 0.1) is 25.2 Å². The van der Waals surface area contributed by atoms with Gasteiger partial charge in [-0.3, -0.25) is 0 Å². The van der Waals surface area contributed by atoms with Crippen molar-refractivity contribution in [3.63, 3.8) is 0 Å². The molecule has 0 N–H and O–H groups in total. The van der Waals surface area contributed by atoms with Crippen molar-refractivity contribution in [2.75, 3.05) is 20.8 Å². The molecule has 1 saturated heterocycles. The summed E-state index contributed by atoms with van der Waals surface area (Å²) < 4.78 is 38.1. The van der Waals surface area contributed by atoms with E-state index in [0.29, 0.717) is 22.9 Å². The second-order valence-electron chi connectivity index (χ2n) is 5.70. The molecule has 2 aromatic rings. The number of hydrogen-bond acceptors (Lipinski definition) is 4. The summed E-state index contributed by atoms with van der Waals surface area (Å²) in [5, 5.41) is 0. The highest BCUT2D eigenvalue weighted by Crippen LogP contribution is 2.39. The molecule has 0 saturated carbocycles. The lowest BCUT2D eigenvalue weighted by Gasteiger charge is -2.25. The van der Waals surface area contributed by atoms with Crippen LogP contribution in [0.2, 0.25) is 0 Å². The zero-order chi connectivity index (χ0) is 17.2. The predicted octanol–water partition coefficient (Wildman–Crippen LogP) is 3.23. The molecular formula is C18H21NO4S. The van der Waals surface area contributed by atoms with Crippen LogP contribution < -0.4 is 9.47 Å². The molecule has 0 unspecified atom stereocenters. The van der Waals surface area contributed by atoms with Crippen LogP contribution in [0.3, 0.4) is 0 Å². The second-order valence-corrected chi connectivity index (χ2v) is 7.59. The first-order valence-electron chi connectivity index (χ1n) is 7.86. The minimum atomic E-state index is -3.51. The van der Waals surface area contributed by atoms with E-state index in [4.69, 9.17) is 9.47 Å². The number of methoxy groups -OCH3 is 2. The average molecular weight is 347 g/mol. The normalized spacial score (nSPS) is 18.5. The first-order valence-corrected chi connectivity index (χ1v) is 9.30. The number of hydrogen-bond donors (Lipinski definition) is 0. The van der Waals surface area contributed by atoms with Gasteiger partial charge < -0.3 is 9.47 Å². The van der Waals surface area contributed by atoms with Crippen LogP contribution in [0.1, 0.15) is 24.4 Å². The molecule has 24 heavy (non-hydrogen) atoms. The molecule has 0 spiro atoms. The van der Waals surface area contributed by atoms with Gasteiger partial charge in [-0.2, -0.15) is 4.31 Å². The van der Waals surface area contributed by atoms with Crippen molar-refractivity contribution in [1.82, 2.24) is 4.31 Å². The van der Waals surface area contributed by atoms with Crippen LogP contribution in [0.4, 0.5) is 0 Å². The topological polar surface area (TPSA) is 55.8 Å². The molecule has 1 fully saturated rings. The molecule has 0 amide bonds. The molecule has 1 aliphatic rings. The summed E-state index contributed by atoms with van der Waals surface area (Å²) in [5.74, 6) is 1.25. The van der Waals surface area contributed by atoms with E-state index in [2.05, 4.69) is 0 Å². The van der Waals surface area contributed by atoms with Crippen molar-refractivity contribution < 1.29 is 17.9 Å². The zero-order valence-corrected chi connectivity index (χ0v) is 14.6. The molecular weight excluding hydrogens is 326 g/mol. The van der Waals surface area contributed by atoms with Gasteiger partial charge in [-0.05, 0) is 42.7 Å². The average Bonchev–Trinajstić information content (AvgIpc) is 3.12. The van der Waals surface area contributed by atoms with Gasteiger partial charge in [-0.15, -0.1) is 0 Å². The Balaban J connectivity index is 1.97. The smallest absolute Gasteiger partial charge is 0.243 e. The van der Waals surface area contributed by atoms with Gasteiger partial charge in [0.25, 0.3) is 0 Å². The molecule has 0 aromatic heterocycles. The molecule has 2 aromatic carbocycles. The Morgan fingerprint density at radius 1 is 1.00 bits per heavy atom. The van der Waals surface area contributed by atoms with Crippen LogP contribution in [0.25, 0.3) is 0 Å². The van der Waals surface area contributed by atoms with Crippen molar-refractivity contribution in [3.8, 4) is 11.5 Å². The number of nitrogens with zero attached hydrogens (tertiary/aromatic N) is 1. The van der Waals surface area contributed by atoms with E-state index in [-0.39, 0.29) is 6.04 Å². The van der Waals surface area contributed by atoms with Crippen molar-refractivity contribution in [2.24, 2.45) is 0 Å². The van der Waals surface area contributed by atoms with Gasteiger partial charge >= 0.3 is 0 Å². The number of sulfonamides is 1. The van der Waals surface area contributed by atoms with Crippen molar-refractivity contribution in [3.05, 3.63) is 54.1 Å². The molecule has 6 heteroatoms. The fraction of sp³-hybridized carbons (Fsp3) is 0.333. The SMILES string of the molecule is COc1ccc([C@@H]2CCCN2S(=O)(=O)c2ccccc2)cc1OC. The Morgan fingerprint density at radius 3 is 2.38 bits per heavy atom. The van der Waals surface area contributed by atoms with Gasteiger partial charge in [0.15, 0.2) is 11.5 Å². The van der Waals surface area contributed by atoms with Crippen LogP contribution in [-0.2, 0) is 10.0 Å². The Bertz CT molecular complexity index is 805. The van der Waals surface area contributed by atoms with Crippen LogP contribution in [0.15, 0.2) is 53.4 Å². The van der Waals surface area contributed by atoms with Crippen molar-refractivity contribution >= 4 is 10.0 Å². The molecule has 1 atom stereocenters. The van der Waals surface area contributed by atoms with Crippen LogP contribution in [0.5, 0.6) is 11.5 Å². The molecule has 1 heterocycles. The van der Waals surface area contributed by atoms with E-state index in [0.717, 1.165) is 18.4 Å². The van der Waals surface area contributed by atoms with Gasteiger partial charge in [0, 0.05) is 6.54 Å². The Labute approximate surface area is 142 Å². The zero-order valence-electron chi connectivity index (χ0n) is 13.8. The Kier molecular flexibility index (Phi) is 4.78. The van der Waals surface area contributed by atoms with E-state index < -0.39 is 10.0 Å². The minimum absolute atomic E-state index is 0.185. The monoisotopic (exact) mass is 347 g/mol. The van der Waals surface area contributed by atoms with Crippen LogP contribution in [-0.4, -0.2) is 33.5 Å². The summed E-state index contributed by atoms with van der Waals surface area (Å²) >= 11 is 0. The number of rotatable bonds is 5. The van der Waals surface area contributed by atoms with Crippen molar-refractivity contribution in [2.45, 2.75) is 23.8 Å². The molecule has 0 radical (unpaired) electrons. The third-order valence-corrected chi connectivity index (χ3v) is 6.27. The lowest BCUT2D eigenvalue weighted by molar-refractivity contribution is 0.351. The van der Waals surface area contributed by atoms with Gasteiger partial charge in [-0.1, -0.05) is 24.3 Å². The lowest BCUT2D eigenvalue weighted by Crippen LogP contribution is -2.30. The van der Waals surface area contributed by atoms with Gasteiger partial charge in [-0.25, -0.2) is 8.42 Å². The van der Waals surface area contributed by atoms with E-state index in [9.17, 15) is 8.42 Å². The summed E-state index contributed by atoms with van der Waals surface area (Å²) in [7, 11) is -0.349. The summed E-state index contributed by atoms with van der Waals surface area (Å²) in [5.41, 5.74) is 0.921. The first kappa shape index (κ1) is 16.8. The van der Waals surface area contributed by atoms with E-state index in [1.807, 2.05) is 24.3 Å². The fourth-order valence-electron chi connectivity index (χ4n) is 3.15. The number of ether oxygens (including phenoxy) is 2. The standard InChI is InChI=1S/C18H21NO4S/c1-22-17-11-10-14(13-18(17)23-2)16-9-6-12-19(16)24(20,21)15-7-4-3-5-8-15/h3-5,7-8,10-11,13,16H,6,9,12H2,1-2H3/t16-/m0/s1. The highest BCUT2D eigenvalue weighted by Gasteiger charge is 2.36. The fourth-order valence-corrected chi connectivity index (χ4v) is 4.85. The number of benzene rings is 2. The van der Waals surface area contributed by atoms with Crippen LogP contribution >= 0.6 is 0 Å². The molecule has 5 nitrogen and oxygen atoms in total. The second kappa shape index (κ2) is 6.83. The molecule has 0 bridgehead atoms. The van der Waals surface area contributed by atoms with Crippen molar-refractivity contribution in [1.29, 1.82) is 0 Å². The first-order chi connectivity index (χ1) is 11.6. The predicted molar refractivity (Wildman–Crippen MR) is 91.9 cm³/mol. The summed E-state index contributed by atoms with van der Waals surface area (Å²) in [6.07, 6.45) is 1.63. The summed E-state index contributed by atoms with van der Waals surface area (Å²) in [6, 6.07) is 14.0. The van der Waals surface area contributed by atoms with E-state index in [1.165, 1.54) is 0 Å². The molecule has 0 aliphatic carbocycles. The maximum Gasteiger partial charge on any atom is 0.243 e.